The largest absolute Gasteiger partial charge is 0.481 e. The lowest BCUT2D eigenvalue weighted by Crippen LogP contribution is -2.06. The molecule has 0 saturated heterocycles. The molecule has 0 amide bonds. The molecule has 0 spiro atoms. The summed E-state index contributed by atoms with van der Waals surface area (Å²) in [6, 6.07) is 9.96. The quantitative estimate of drug-likeness (QED) is 0.514. The highest BCUT2D eigenvalue weighted by Crippen LogP contribution is 2.26. The maximum atomic E-state index is 10.6. The molecule has 0 bridgehead atoms. The first-order valence-electron chi connectivity index (χ1n) is 7.02. The number of allylic oxidation sites excluding steroid dienone is 2. The van der Waals surface area contributed by atoms with E-state index in [-0.39, 0.29) is 18.8 Å². The molecule has 0 aliphatic heterocycles. The number of hydrogen-bond donors (Lipinski definition) is 3. The standard InChI is InChI=1S/C16H19N3O3/c17-22-13(7-9-15(20)21)6-8-14(16-18-10-11-19-16)12-4-2-1-3-5-12/h1-6,10-11,14H,7-9,17H2,(H,18,19)(H,20,21). The number of nitrogens with two attached hydrogens (primary N) is 1. The number of aromatic nitrogens is 2. The normalized spacial score (nSPS) is 12.9. The maximum absolute atomic E-state index is 10.6. The van der Waals surface area contributed by atoms with Crippen LogP contribution < -0.4 is 5.90 Å². The molecule has 22 heavy (non-hydrogen) atoms. The van der Waals surface area contributed by atoms with E-state index in [0.717, 1.165) is 11.4 Å². The number of hydrogen-bond acceptors (Lipinski definition) is 4. The zero-order valence-corrected chi connectivity index (χ0v) is 12.1. The molecule has 1 aromatic heterocycles. The smallest absolute Gasteiger partial charge is 0.303 e. The van der Waals surface area contributed by atoms with Crippen molar-refractivity contribution in [2.45, 2.75) is 25.2 Å². The van der Waals surface area contributed by atoms with Gasteiger partial charge in [-0.1, -0.05) is 30.3 Å². The number of H-pyrrole nitrogens is 1. The van der Waals surface area contributed by atoms with Gasteiger partial charge in [0.1, 0.15) is 11.6 Å². The number of carboxylic acids is 1. The summed E-state index contributed by atoms with van der Waals surface area (Å²) < 4.78 is 0. The monoisotopic (exact) mass is 301 g/mol. The van der Waals surface area contributed by atoms with E-state index in [1.54, 1.807) is 12.4 Å². The molecule has 6 nitrogen and oxygen atoms in total. The predicted molar refractivity (Wildman–Crippen MR) is 81.7 cm³/mol. The van der Waals surface area contributed by atoms with Crippen LogP contribution in [0.5, 0.6) is 0 Å². The molecule has 0 aliphatic carbocycles. The van der Waals surface area contributed by atoms with Crippen LogP contribution in [0.15, 0.2) is 54.6 Å². The summed E-state index contributed by atoms with van der Waals surface area (Å²) in [4.78, 5) is 22.8. The van der Waals surface area contributed by atoms with Crippen LogP contribution in [-0.2, 0) is 9.63 Å². The number of carbonyl (C=O) groups is 1. The average molecular weight is 301 g/mol. The van der Waals surface area contributed by atoms with Crippen molar-refractivity contribution in [1.82, 2.24) is 9.97 Å². The molecule has 1 aromatic carbocycles. The highest BCUT2D eigenvalue weighted by molar-refractivity contribution is 5.66. The summed E-state index contributed by atoms with van der Waals surface area (Å²) in [6.07, 6.45) is 6.18. The Morgan fingerprint density at radius 1 is 1.36 bits per heavy atom. The molecule has 0 radical (unpaired) electrons. The summed E-state index contributed by atoms with van der Waals surface area (Å²) in [7, 11) is 0. The second kappa shape index (κ2) is 7.99. The second-order valence-corrected chi connectivity index (χ2v) is 4.86. The van der Waals surface area contributed by atoms with Crippen LogP contribution in [0.25, 0.3) is 0 Å². The van der Waals surface area contributed by atoms with Crippen molar-refractivity contribution in [1.29, 1.82) is 0 Å². The van der Waals surface area contributed by atoms with Crippen molar-refractivity contribution in [3.05, 3.63) is 65.9 Å². The second-order valence-electron chi connectivity index (χ2n) is 4.86. The van der Waals surface area contributed by atoms with E-state index in [4.69, 9.17) is 15.8 Å². The summed E-state index contributed by atoms with van der Waals surface area (Å²) in [6.45, 7) is 0. The Bertz CT molecular complexity index is 609. The number of rotatable bonds is 8. The van der Waals surface area contributed by atoms with Crippen molar-refractivity contribution in [2.24, 2.45) is 5.90 Å². The minimum absolute atomic E-state index is 0.0141. The predicted octanol–water partition coefficient (Wildman–Crippen LogP) is 2.57. The van der Waals surface area contributed by atoms with E-state index >= 15 is 0 Å². The number of imidazole rings is 1. The Morgan fingerprint density at radius 2 is 2.14 bits per heavy atom. The van der Waals surface area contributed by atoms with E-state index in [0.29, 0.717) is 12.2 Å². The molecule has 6 heteroatoms. The Kier molecular flexibility index (Phi) is 5.73. The molecular formula is C16H19N3O3. The lowest BCUT2D eigenvalue weighted by molar-refractivity contribution is -0.137. The highest BCUT2D eigenvalue weighted by Gasteiger charge is 2.16. The Hall–Kier alpha value is -2.60. The van der Waals surface area contributed by atoms with Gasteiger partial charge in [0, 0.05) is 24.7 Å². The zero-order chi connectivity index (χ0) is 15.8. The van der Waals surface area contributed by atoms with Crippen molar-refractivity contribution in [3.8, 4) is 0 Å². The SMILES string of the molecule is NOC(=CCC(c1ccccc1)c1ncc[nH]1)CCC(=O)O. The summed E-state index contributed by atoms with van der Waals surface area (Å²) in [5.41, 5.74) is 1.11. The van der Waals surface area contributed by atoms with Crippen LogP contribution in [0.4, 0.5) is 0 Å². The van der Waals surface area contributed by atoms with E-state index < -0.39 is 5.97 Å². The van der Waals surface area contributed by atoms with E-state index in [9.17, 15) is 4.79 Å². The Morgan fingerprint density at radius 3 is 2.73 bits per heavy atom. The van der Waals surface area contributed by atoms with Crippen molar-refractivity contribution >= 4 is 5.97 Å². The molecule has 1 atom stereocenters. The first-order chi connectivity index (χ1) is 10.7. The maximum Gasteiger partial charge on any atom is 0.303 e. The van der Waals surface area contributed by atoms with Crippen LogP contribution in [-0.4, -0.2) is 21.0 Å². The summed E-state index contributed by atoms with van der Waals surface area (Å²) >= 11 is 0. The number of benzene rings is 1. The number of aromatic amines is 1. The molecule has 0 aliphatic rings. The van der Waals surface area contributed by atoms with Gasteiger partial charge in [-0.15, -0.1) is 0 Å². The van der Waals surface area contributed by atoms with Crippen LogP contribution in [0.1, 0.15) is 36.6 Å². The van der Waals surface area contributed by atoms with Gasteiger partial charge in [0.15, 0.2) is 0 Å². The van der Waals surface area contributed by atoms with Gasteiger partial charge >= 0.3 is 5.97 Å². The molecule has 1 heterocycles. The molecule has 116 valence electrons. The third-order valence-electron chi connectivity index (χ3n) is 3.37. The molecule has 2 rings (SSSR count). The lowest BCUT2D eigenvalue weighted by atomic mass is 9.94. The van der Waals surface area contributed by atoms with Gasteiger partial charge in [-0.05, 0) is 18.1 Å². The Balaban J connectivity index is 2.15. The first kappa shape index (κ1) is 15.8. The van der Waals surface area contributed by atoms with Crippen molar-refractivity contribution in [3.63, 3.8) is 0 Å². The topological polar surface area (TPSA) is 101 Å². The van der Waals surface area contributed by atoms with Crippen LogP contribution in [0, 0.1) is 0 Å². The fourth-order valence-electron chi connectivity index (χ4n) is 2.25. The fourth-order valence-corrected chi connectivity index (χ4v) is 2.25. The average Bonchev–Trinajstić information content (AvgIpc) is 3.05. The lowest BCUT2D eigenvalue weighted by Gasteiger charge is -2.14. The number of aliphatic carboxylic acids is 1. The van der Waals surface area contributed by atoms with Gasteiger partial charge in [0.2, 0.25) is 0 Å². The van der Waals surface area contributed by atoms with Gasteiger partial charge in [-0.25, -0.2) is 4.98 Å². The van der Waals surface area contributed by atoms with Crippen LogP contribution in [0.3, 0.4) is 0 Å². The van der Waals surface area contributed by atoms with Crippen LogP contribution in [0.2, 0.25) is 0 Å². The molecule has 2 aromatic rings. The van der Waals surface area contributed by atoms with Crippen LogP contribution >= 0.6 is 0 Å². The van der Waals surface area contributed by atoms with Gasteiger partial charge in [-0.2, -0.15) is 5.90 Å². The van der Waals surface area contributed by atoms with Crippen molar-refractivity contribution in [2.75, 3.05) is 0 Å². The van der Waals surface area contributed by atoms with E-state index in [2.05, 4.69) is 9.97 Å². The Labute approximate surface area is 128 Å². The first-order valence-corrected chi connectivity index (χ1v) is 7.02. The summed E-state index contributed by atoms with van der Waals surface area (Å²) in [5, 5.41) is 8.72. The minimum atomic E-state index is -0.881. The number of nitrogens with one attached hydrogen (secondary N) is 1. The van der Waals surface area contributed by atoms with Gasteiger partial charge < -0.3 is 14.9 Å². The molecule has 4 N–H and O–H groups in total. The van der Waals surface area contributed by atoms with Gasteiger partial charge in [0.05, 0.1) is 6.42 Å². The fraction of sp³-hybridized carbons (Fsp3) is 0.250. The minimum Gasteiger partial charge on any atom is -0.481 e. The number of carboxylic acid groups (broad SMARTS) is 1. The van der Waals surface area contributed by atoms with E-state index in [1.807, 2.05) is 36.4 Å². The van der Waals surface area contributed by atoms with Gasteiger partial charge in [-0.3, -0.25) is 4.79 Å². The van der Waals surface area contributed by atoms with E-state index in [1.165, 1.54) is 0 Å². The molecular weight excluding hydrogens is 282 g/mol. The number of nitrogens with zero attached hydrogens (tertiary/aromatic N) is 1. The highest BCUT2D eigenvalue weighted by atomic mass is 16.6. The summed E-state index contributed by atoms with van der Waals surface area (Å²) in [5.74, 6) is 5.68. The van der Waals surface area contributed by atoms with Crippen molar-refractivity contribution < 1.29 is 14.7 Å². The molecule has 0 fully saturated rings. The zero-order valence-electron chi connectivity index (χ0n) is 12.1. The third-order valence-corrected chi connectivity index (χ3v) is 3.37. The molecule has 0 saturated carbocycles. The third kappa shape index (κ3) is 4.46. The van der Waals surface area contributed by atoms with Gasteiger partial charge in [0.25, 0.3) is 0 Å². The molecule has 1 unspecified atom stereocenters.